The molecule has 0 saturated carbocycles. The van der Waals surface area contributed by atoms with Gasteiger partial charge < -0.3 is 15.0 Å². The van der Waals surface area contributed by atoms with Crippen molar-refractivity contribution in [1.82, 2.24) is 30.0 Å². The third kappa shape index (κ3) is 4.88. The van der Waals surface area contributed by atoms with Gasteiger partial charge in [0.2, 0.25) is 0 Å². The molecule has 1 N–H and O–H groups in total. The number of amides is 1. The molecule has 4 heterocycles. The van der Waals surface area contributed by atoms with Crippen LogP contribution in [0.4, 0.5) is 4.79 Å². The summed E-state index contributed by atoms with van der Waals surface area (Å²) in [6, 6.07) is 13.7. The zero-order chi connectivity index (χ0) is 24.4. The van der Waals surface area contributed by atoms with Crippen LogP contribution in [0.5, 0.6) is 5.75 Å². The Hall–Kier alpha value is -3.78. The number of carbonyl (C=O) groups is 1. The smallest absolute Gasteiger partial charge is 0.410 e. The number of fused-ring (bicyclic) bond motifs is 2. The molecule has 1 aliphatic heterocycles. The van der Waals surface area contributed by atoms with Crippen LogP contribution in [0.2, 0.25) is 0 Å². The van der Waals surface area contributed by atoms with Gasteiger partial charge in [0.1, 0.15) is 11.4 Å². The maximum atomic E-state index is 12.2. The van der Waals surface area contributed by atoms with Gasteiger partial charge in [-0.05, 0) is 82.7 Å². The summed E-state index contributed by atoms with van der Waals surface area (Å²) in [6.45, 7) is 4.38. The van der Waals surface area contributed by atoms with Gasteiger partial charge in [0.15, 0.2) is 0 Å². The Morgan fingerprint density at radius 3 is 2.91 bits per heavy atom. The number of pyridine rings is 2. The maximum Gasteiger partial charge on any atom is 0.412 e. The molecule has 0 radical (unpaired) electrons. The average Bonchev–Trinajstić information content (AvgIpc) is 3.43. The Morgan fingerprint density at radius 1 is 1.20 bits per heavy atom. The summed E-state index contributed by atoms with van der Waals surface area (Å²) in [4.78, 5) is 23.6. The van der Waals surface area contributed by atoms with E-state index in [-0.39, 0.29) is 0 Å². The maximum absolute atomic E-state index is 12.2. The van der Waals surface area contributed by atoms with E-state index in [4.69, 9.17) is 14.8 Å². The fourth-order valence-corrected chi connectivity index (χ4v) is 4.61. The molecule has 0 bridgehead atoms. The van der Waals surface area contributed by atoms with Crippen LogP contribution in [0, 0.1) is 6.92 Å². The van der Waals surface area contributed by atoms with Gasteiger partial charge in [-0.1, -0.05) is 6.07 Å². The van der Waals surface area contributed by atoms with Crippen LogP contribution in [0.25, 0.3) is 33.4 Å². The predicted molar refractivity (Wildman–Crippen MR) is 136 cm³/mol. The molecule has 0 spiro atoms. The molecular weight excluding hydrogens is 440 g/mol. The Labute approximate surface area is 205 Å². The fourth-order valence-electron chi connectivity index (χ4n) is 4.61. The summed E-state index contributed by atoms with van der Waals surface area (Å²) in [5.41, 5.74) is 6.90. The molecule has 0 aliphatic carbocycles. The van der Waals surface area contributed by atoms with Gasteiger partial charge in [0.05, 0.1) is 11.2 Å². The highest BCUT2D eigenvalue weighted by atomic mass is 16.6. The quantitative estimate of drug-likeness (QED) is 0.402. The highest BCUT2D eigenvalue weighted by Gasteiger charge is 2.25. The fraction of sp³-hybridized carbons (Fsp3) is 0.333. The monoisotopic (exact) mass is 470 g/mol. The molecule has 8 heteroatoms. The number of aromatic nitrogens is 4. The number of aryl methyl sites for hydroxylation is 2. The molecule has 0 atom stereocenters. The van der Waals surface area contributed by atoms with E-state index < -0.39 is 6.09 Å². The van der Waals surface area contributed by atoms with Crippen molar-refractivity contribution in [3.63, 3.8) is 0 Å². The summed E-state index contributed by atoms with van der Waals surface area (Å²) in [5, 5.41) is 8.73. The Bertz CT molecular complexity index is 1380. The molecule has 1 aromatic carbocycles. The highest BCUT2D eigenvalue weighted by Crippen LogP contribution is 2.40. The van der Waals surface area contributed by atoms with Crippen molar-refractivity contribution < 1.29 is 9.53 Å². The van der Waals surface area contributed by atoms with Crippen molar-refractivity contribution in [3.8, 4) is 28.3 Å². The Morgan fingerprint density at radius 2 is 2.09 bits per heavy atom. The van der Waals surface area contributed by atoms with E-state index in [9.17, 15) is 4.79 Å². The van der Waals surface area contributed by atoms with Crippen LogP contribution in [-0.2, 0) is 13.0 Å². The van der Waals surface area contributed by atoms with Crippen LogP contribution in [-0.4, -0.2) is 57.9 Å². The van der Waals surface area contributed by atoms with Gasteiger partial charge in [-0.2, -0.15) is 5.10 Å². The largest absolute Gasteiger partial charge is 0.412 e. The molecule has 3 aromatic heterocycles. The standard InChI is InChI=1S/C27H30N6O2/c1-18-7-4-8-22(30-18)26-25(24-9-5-16-33(24)31-26)21-12-14-28-23-17-19(10-11-20(21)23)35-27(34)29-13-6-15-32(2)3/h4,7-8,10-12,14,17H,5-6,9,13,15-16H2,1-3H3,(H,29,34). The van der Waals surface area contributed by atoms with Crippen LogP contribution in [0.15, 0.2) is 48.7 Å². The Balaban J connectivity index is 1.46. The number of nitrogens with zero attached hydrogens (tertiary/aromatic N) is 5. The van der Waals surface area contributed by atoms with Crippen molar-refractivity contribution >= 4 is 17.0 Å². The minimum Gasteiger partial charge on any atom is -0.410 e. The van der Waals surface area contributed by atoms with Crippen molar-refractivity contribution in [3.05, 3.63) is 60.0 Å². The first kappa shape index (κ1) is 23.0. The summed E-state index contributed by atoms with van der Waals surface area (Å²) < 4.78 is 7.62. The molecule has 0 saturated heterocycles. The molecular formula is C27H30N6O2. The van der Waals surface area contributed by atoms with Gasteiger partial charge in [-0.3, -0.25) is 14.6 Å². The number of benzene rings is 1. The summed E-state index contributed by atoms with van der Waals surface area (Å²) >= 11 is 0. The van der Waals surface area contributed by atoms with Gasteiger partial charge in [-0.25, -0.2) is 4.79 Å². The van der Waals surface area contributed by atoms with E-state index in [1.54, 1.807) is 6.20 Å². The molecule has 180 valence electrons. The number of hydrogen-bond donors (Lipinski definition) is 1. The first-order valence-corrected chi connectivity index (χ1v) is 12.0. The molecule has 0 unspecified atom stereocenters. The normalized spacial score (nSPS) is 12.8. The predicted octanol–water partition coefficient (Wildman–Crippen LogP) is 4.46. The van der Waals surface area contributed by atoms with E-state index in [0.717, 1.165) is 71.5 Å². The van der Waals surface area contributed by atoms with Crippen LogP contribution in [0.1, 0.15) is 24.2 Å². The molecule has 1 aliphatic rings. The van der Waals surface area contributed by atoms with E-state index >= 15 is 0 Å². The average molecular weight is 471 g/mol. The lowest BCUT2D eigenvalue weighted by molar-refractivity contribution is 0.200. The molecule has 0 fully saturated rings. The first-order valence-electron chi connectivity index (χ1n) is 12.0. The SMILES string of the molecule is Cc1cccc(-c2nn3c(c2-c2ccnc4cc(OC(=O)NCCCN(C)C)ccc24)CCC3)n1. The minimum absolute atomic E-state index is 0.457. The summed E-state index contributed by atoms with van der Waals surface area (Å²) in [6.07, 6.45) is 4.27. The number of rotatable bonds is 7. The number of hydrogen-bond acceptors (Lipinski definition) is 6. The van der Waals surface area contributed by atoms with Crippen molar-refractivity contribution in [2.75, 3.05) is 27.2 Å². The molecule has 1 amide bonds. The lowest BCUT2D eigenvalue weighted by Gasteiger charge is -2.11. The second kappa shape index (κ2) is 9.84. The van der Waals surface area contributed by atoms with E-state index in [1.165, 1.54) is 5.69 Å². The first-order chi connectivity index (χ1) is 17.0. The third-order valence-electron chi connectivity index (χ3n) is 6.22. The van der Waals surface area contributed by atoms with Gasteiger partial charge in [-0.15, -0.1) is 0 Å². The second-order valence-corrected chi connectivity index (χ2v) is 9.17. The Kier molecular flexibility index (Phi) is 6.46. The number of nitrogens with one attached hydrogen (secondary N) is 1. The molecule has 8 nitrogen and oxygen atoms in total. The highest BCUT2D eigenvalue weighted by molar-refractivity contribution is 5.99. The van der Waals surface area contributed by atoms with E-state index in [0.29, 0.717) is 12.3 Å². The lowest BCUT2D eigenvalue weighted by atomic mass is 9.96. The second-order valence-electron chi connectivity index (χ2n) is 9.17. The molecule has 35 heavy (non-hydrogen) atoms. The van der Waals surface area contributed by atoms with Gasteiger partial charge in [0.25, 0.3) is 0 Å². The third-order valence-corrected chi connectivity index (χ3v) is 6.22. The lowest BCUT2D eigenvalue weighted by Crippen LogP contribution is -2.29. The van der Waals surface area contributed by atoms with Crippen molar-refractivity contribution in [2.24, 2.45) is 0 Å². The zero-order valence-corrected chi connectivity index (χ0v) is 20.4. The van der Waals surface area contributed by atoms with Crippen LogP contribution < -0.4 is 10.1 Å². The minimum atomic E-state index is -0.457. The van der Waals surface area contributed by atoms with Crippen LogP contribution >= 0.6 is 0 Å². The molecule has 5 rings (SSSR count). The summed E-state index contributed by atoms with van der Waals surface area (Å²) in [7, 11) is 4.01. The zero-order valence-electron chi connectivity index (χ0n) is 20.4. The van der Waals surface area contributed by atoms with Gasteiger partial charge >= 0.3 is 6.09 Å². The summed E-state index contributed by atoms with van der Waals surface area (Å²) in [5.74, 6) is 0.466. The van der Waals surface area contributed by atoms with E-state index in [2.05, 4.69) is 19.9 Å². The van der Waals surface area contributed by atoms with Gasteiger partial charge in [0, 0.05) is 47.7 Å². The van der Waals surface area contributed by atoms with Crippen LogP contribution in [0.3, 0.4) is 0 Å². The molecule has 4 aromatic rings. The van der Waals surface area contributed by atoms with Crippen molar-refractivity contribution in [1.29, 1.82) is 0 Å². The number of ether oxygens (including phenoxy) is 1. The van der Waals surface area contributed by atoms with Crippen molar-refractivity contribution in [2.45, 2.75) is 32.7 Å². The van der Waals surface area contributed by atoms with E-state index in [1.807, 2.05) is 63.5 Å². The number of carbonyl (C=O) groups excluding carboxylic acids is 1. The topological polar surface area (TPSA) is 85.2 Å².